The first-order valence-electron chi connectivity index (χ1n) is 8.60. The van der Waals surface area contributed by atoms with E-state index in [1.54, 1.807) is 0 Å². The summed E-state index contributed by atoms with van der Waals surface area (Å²) in [5, 5.41) is 0. The van der Waals surface area contributed by atoms with Gasteiger partial charge < -0.3 is 4.74 Å². The molecule has 128 valence electrons. The minimum atomic E-state index is -0.0324. The summed E-state index contributed by atoms with van der Waals surface area (Å²) in [6, 6.07) is 17.2. The molecule has 0 atom stereocenters. The van der Waals surface area contributed by atoms with Crippen molar-refractivity contribution in [3.63, 3.8) is 0 Å². The Balaban J connectivity index is 1.59. The van der Waals surface area contributed by atoms with Crippen molar-refractivity contribution in [1.82, 2.24) is 4.90 Å². The van der Waals surface area contributed by atoms with Crippen molar-refractivity contribution in [2.24, 2.45) is 0 Å². The van der Waals surface area contributed by atoms with Gasteiger partial charge in [0.25, 0.3) is 0 Å². The van der Waals surface area contributed by atoms with Crippen LogP contribution in [0.2, 0.25) is 0 Å². The molecule has 1 heterocycles. The maximum atomic E-state index is 12.5. The number of Topliss-reactive ketones (excluding diaryl/α,β-unsaturated/α-hetero) is 1. The number of nitrogens with zero attached hydrogens (tertiary/aromatic N) is 1. The van der Waals surface area contributed by atoms with Gasteiger partial charge in [-0.05, 0) is 11.1 Å². The van der Waals surface area contributed by atoms with Crippen LogP contribution in [0, 0.1) is 0 Å². The normalized spacial score (nSPS) is 15.4. The van der Waals surface area contributed by atoms with Crippen LogP contribution < -0.4 is 0 Å². The fraction of sp³-hybridized carbons (Fsp3) is 0.227. The van der Waals surface area contributed by atoms with Crippen molar-refractivity contribution in [3.05, 3.63) is 83.9 Å². The van der Waals surface area contributed by atoms with Gasteiger partial charge in [-0.1, -0.05) is 73.3 Å². The largest absolute Gasteiger partial charge is 0.379 e. The first-order chi connectivity index (χ1) is 12.2. The SMILES string of the molecule is C=C(C(=O)c1ccc(/C=C/CN2CCOCC2)cc1)c1ccccc1. The van der Waals surface area contributed by atoms with Crippen LogP contribution >= 0.6 is 0 Å². The molecular formula is C22H23NO2. The van der Waals surface area contributed by atoms with Gasteiger partial charge in [0, 0.05) is 30.8 Å². The molecule has 0 aliphatic carbocycles. The topological polar surface area (TPSA) is 29.5 Å². The number of hydrogen-bond donors (Lipinski definition) is 0. The number of carbonyl (C=O) groups is 1. The molecule has 25 heavy (non-hydrogen) atoms. The fourth-order valence-corrected chi connectivity index (χ4v) is 2.81. The van der Waals surface area contributed by atoms with Gasteiger partial charge >= 0.3 is 0 Å². The molecule has 0 bridgehead atoms. The molecule has 0 unspecified atom stereocenters. The zero-order valence-electron chi connectivity index (χ0n) is 14.4. The summed E-state index contributed by atoms with van der Waals surface area (Å²) in [6.45, 7) is 8.47. The Morgan fingerprint density at radius 3 is 2.36 bits per heavy atom. The Morgan fingerprint density at radius 1 is 1.00 bits per heavy atom. The predicted molar refractivity (Wildman–Crippen MR) is 103 cm³/mol. The van der Waals surface area contributed by atoms with Gasteiger partial charge in [0.15, 0.2) is 5.78 Å². The third kappa shape index (κ3) is 4.75. The second-order valence-electron chi connectivity index (χ2n) is 6.11. The van der Waals surface area contributed by atoms with E-state index in [2.05, 4.69) is 23.6 Å². The highest BCUT2D eigenvalue weighted by atomic mass is 16.5. The Morgan fingerprint density at radius 2 is 1.68 bits per heavy atom. The van der Waals surface area contributed by atoms with Crippen LogP contribution in [0.5, 0.6) is 0 Å². The number of rotatable bonds is 6. The van der Waals surface area contributed by atoms with E-state index in [0.29, 0.717) is 11.1 Å². The van der Waals surface area contributed by atoms with Crippen molar-refractivity contribution in [3.8, 4) is 0 Å². The van der Waals surface area contributed by atoms with Crippen molar-refractivity contribution in [2.45, 2.75) is 0 Å². The summed E-state index contributed by atoms with van der Waals surface area (Å²) in [6.07, 6.45) is 4.25. The van der Waals surface area contributed by atoms with Crippen molar-refractivity contribution in [1.29, 1.82) is 0 Å². The molecule has 2 aromatic rings. The number of benzene rings is 2. The smallest absolute Gasteiger partial charge is 0.193 e. The molecule has 1 aliphatic heterocycles. The second-order valence-corrected chi connectivity index (χ2v) is 6.11. The zero-order chi connectivity index (χ0) is 17.5. The molecule has 1 saturated heterocycles. The standard InChI is InChI=1S/C22H23NO2/c1-18(20-7-3-2-4-8-20)22(24)21-11-9-19(10-12-21)6-5-13-23-14-16-25-17-15-23/h2-12H,1,13-17H2/b6-5+. The molecular weight excluding hydrogens is 310 g/mol. The van der Waals surface area contributed by atoms with E-state index in [4.69, 9.17) is 4.74 Å². The summed E-state index contributed by atoms with van der Waals surface area (Å²) in [5.41, 5.74) is 3.15. The highest BCUT2D eigenvalue weighted by Gasteiger charge is 2.11. The Labute approximate surface area is 149 Å². The van der Waals surface area contributed by atoms with Crippen molar-refractivity contribution >= 4 is 17.4 Å². The van der Waals surface area contributed by atoms with Crippen molar-refractivity contribution < 1.29 is 9.53 Å². The summed E-state index contributed by atoms with van der Waals surface area (Å²) in [7, 11) is 0. The molecule has 1 fully saturated rings. The average molecular weight is 333 g/mol. The van der Waals surface area contributed by atoms with E-state index in [-0.39, 0.29) is 5.78 Å². The summed E-state index contributed by atoms with van der Waals surface area (Å²) in [5.74, 6) is -0.0324. The van der Waals surface area contributed by atoms with Crippen molar-refractivity contribution in [2.75, 3.05) is 32.8 Å². The summed E-state index contributed by atoms with van der Waals surface area (Å²) in [4.78, 5) is 14.9. The molecule has 0 saturated carbocycles. The first-order valence-corrected chi connectivity index (χ1v) is 8.60. The van der Waals surface area contributed by atoms with Crippen LogP contribution in [0.1, 0.15) is 21.5 Å². The van der Waals surface area contributed by atoms with Gasteiger partial charge in [0.05, 0.1) is 13.2 Å². The lowest BCUT2D eigenvalue weighted by Gasteiger charge is -2.25. The lowest BCUT2D eigenvalue weighted by molar-refractivity contribution is 0.0435. The number of allylic oxidation sites excluding steroid dienone is 1. The molecule has 0 N–H and O–H groups in total. The maximum Gasteiger partial charge on any atom is 0.193 e. The molecule has 3 rings (SSSR count). The highest BCUT2D eigenvalue weighted by molar-refractivity contribution is 6.28. The maximum absolute atomic E-state index is 12.5. The molecule has 2 aromatic carbocycles. The lowest BCUT2D eigenvalue weighted by atomic mass is 9.97. The number of hydrogen-bond acceptors (Lipinski definition) is 3. The second kappa shape index (κ2) is 8.56. The van der Waals surface area contributed by atoms with E-state index in [1.165, 1.54) is 0 Å². The van der Waals surface area contributed by atoms with Crippen LogP contribution in [0.25, 0.3) is 11.6 Å². The van der Waals surface area contributed by atoms with Gasteiger partial charge in [-0.2, -0.15) is 0 Å². The Bertz CT molecular complexity index is 741. The third-order valence-corrected chi connectivity index (χ3v) is 4.35. The van der Waals surface area contributed by atoms with Gasteiger partial charge in [0.1, 0.15) is 0 Å². The minimum Gasteiger partial charge on any atom is -0.379 e. The quantitative estimate of drug-likeness (QED) is 0.592. The Hall–Kier alpha value is -2.49. The molecule has 3 heteroatoms. The summed E-state index contributed by atoms with van der Waals surface area (Å²) < 4.78 is 5.35. The van der Waals surface area contributed by atoms with Crippen LogP contribution in [0.4, 0.5) is 0 Å². The monoisotopic (exact) mass is 333 g/mol. The Kier molecular flexibility index (Phi) is 5.94. The summed E-state index contributed by atoms with van der Waals surface area (Å²) >= 11 is 0. The number of ether oxygens (including phenoxy) is 1. The molecule has 0 spiro atoms. The van der Waals surface area contributed by atoms with Crippen LogP contribution in [-0.4, -0.2) is 43.5 Å². The van der Waals surface area contributed by atoms with E-state index in [0.717, 1.165) is 44.0 Å². The number of carbonyl (C=O) groups excluding carboxylic acids is 1. The molecule has 0 aromatic heterocycles. The van der Waals surface area contributed by atoms with E-state index in [9.17, 15) is 4.79 Å². The third-order valence-electron chi connectivity index (χ3n) is 4.35. The van der Waals surface area contributed by atoms with E-state index in [1.807, 2.05) is 54.6 Å². The molecule has 0 radical (unpaired) electrons. The first kappa shape index (κ1) is 17.3. The van der Waals surface area contributed by atoms with Gasteiger partial charge in [-0.15, -0.1) is 0 Å². The average Bonchev–Trinajstić information content (AvgIpc) is 2.69. The van der Waals surface area contributed by atoms with Gasteiger partial charge in [-0.25, -0.2) is 0 Å². The molecule has 0 amide bonds. The van der Waals surface area contributed by atoms with E-state index >= 15 is 0 Å². The zero-order valence-corrected chi connectivity index (χ0v) is 14.4. The molecule has 3 nitrogen and oxygen atoms in total. The molecule has 1 aliphatic rings. The fourth-order valence-electron chi connectivity index (χ4n) is 2.81. The highest BCUT2D eigenvalue weighted by Crippen LogP contribution is 2.18. The van der Waals surface area contributed by atoms with E-state index < -0.39 is 0 Å². The number of ketones is 1. The predicted octanol–water partition coefficient (Wildman–Crippen LogP) is 3.93. The van der Waals surface area contributed by atoms with Gasteiger partial charge in [-0.3, -0.25) is 9.69 Å². The lowest BCUT2D eigenvalue weighted by Crippen LogP contribution is -2.36. The van der Waals surface area contributed by atoms with Crippen LogP contribution in [-0.2, 0) is 4.74 Å². The number of morpholine rings is 1. The van der Waals surface area contributed by atoms with Crippen LogP contribution in [0.15, 0.2) is 67.3 Å². The minimum absolute atomic E-state index is 0.0324. The van der Waals surface area contributed by atoms with Gasteiger partial charge in [0.2, 0.25) is 0 Å². The van der Waals surface area contributed by atoms with Crippen LogP contribution in [0.3, 0.4) is 0 Å².